The predicted octanol–water partition coefficient (Wildman–Crippen LogP) is 4.37. The fourth-order valence-electron chi connectivity index (χ4n) is 2.61. The summed E-state index contributed by atoms with van der Waals surface area (Å²) in [5.41, 5.74) is 3.29. The van der Waals surface area contributed by atoms with Crippen LogP contribution in [0.2, 0.25) is 0 Å². The Kier molecular flexibility index (Phi) is 6.01. The van der Waals surface area contributed by atoms with Crippen molar-refractivity contribution in [3.63, 3.8) is 0 Å². The predicted molar refractivity (Wildman–Crippen MR) is 107 cm³/mol. The van der Waals surface area contributed by atoms with Crippen LogP contribution in [0.3, 0.4) is 0 Å². The molecule has 0 aliphatic carbocycles. The van der Waals surface area contributed by atoms with Gasteiger partial charge < -0.3 is 10.1 Å². The molecule has 1 N–H and O–H groups in total. The summed E-state index contributed by atoms with van der Waals surface area (Å²) in [5.74, 6) is 6.48. The number of rotatable bonds is 5. The maximum absolute atomic E-state index is 12.7. The highest BCUT2D eigenvalue weighted by Gasteiger charge is 2.13. The second-order valence-corrected chi connectivity index (χ2v) is 5.98. The summed E-state index contributed by atoms with van der Waals surface area (Å²) in [4.78, 5) is 21.4. The number of amides is 1. The molecular formula is C22H21N3O2. The number of anilines is 1. The maximum Gasteiger partial charge on any atom is 0.274 e. The van der Waals surface area contributed by atoms with Gasteiger partial charge in [-0.3, -0.25) is 9.78 Å². The number of benzene rings is 1. The van der Waals surface area contributed by atoms with Crippen LogP contribution in [0.15, 0.2) is 48.7 Å². The molecule has 0 saturated heterocycles. The third-order valence-electron chi connectivity index (χ3n) is 3.88. The Bertz CT molecular complexity index is 1020. The number of ether oxygens (including phenoxy) is 1. The minimum Gasteiger partial charge on any atom is -0.493 e. The lowest BCUT2D eigenvalue weighted by atomic mass is 10.1. The Labute approximate surface area is 158 Å². The maximum atomic E-state index is 12.7. The highest BCUT2D eigenvalue weighted by atomic mass is 16.5. The van der Waals surface area contributed by atoms with Gasteiger partial charge in [0, 0.05) is 30.8 Å². The Morgan fingerprint density at radius 2 is 2.04 bits per heavy atom. The van der Waals surface area contributed by atoms with Gasteiger partial charge in [0.05, 0.1) is 17.6 Å². The number of hydrogen-bond acceptors (Lipinski definition) is 4. The first-order valence-electron chi connectivity index (χ1n) is 8.89. The molecule has 0 aliphatic rings. The van der Waals surface area contributed by atoms with E-state index < -0.39 is 0 Å². The van der Waals surface area contributed by atoms with Crippen LogP contribution >= 0.6 is 0 Å². The molecule has 2 aromatic heterocycles. The smallest absolute Gasteiger partial charge is 0.274 e. The Morgan fingerprint density at radius 3 is 2.89 bits per heavy atom. The highest BCUT2D eigenvalue weighted by Crippen LogP contribution is 2.20. The van der Waals surface area contributed by atoms with Crippen molar-refractivity contribution in [3.05, 3.63) is 59.9 Å². The number of carbonyl (C=O) groups excluding carboxylic acids is 1. The van der Waals surface area contributed by atoms with E-state index in [9.17, 15) is 4.79 Å². The molecule has 0 atom stereocenters. The van der Waals surface area contributed by atoms with Gasteiger partial charge in [-0.25, -0.2) is 4.98 Å². The third kappa shape index (κ3) is 4.83. The minimum absolute atomic E-state index is 0.260. The zero-order valence-electron chi connectivity index (χ0n) is 15.5. The number of hydrogen-bond donors (Lipinski definition) is 1. The van der Waals surface area contributed by atoms with Gasteiger partial charge in [-0.05, 0) is 42.8 Å². The van der Waals surface area contributed by atoms with Gasteiger partial charge in [-0.2, -0.15) is 0 Å². The fourth-order valence-corrected chi connectivity index (χ4v) is 2.61. The lowest BCUT2D eigenvalue weighted by Gasteiger charge is -2.10. The van der Waals surface area contributed by atoms with Crippen molar-refractivity contribution < 1.29 is 9.53 Å². The zero-order chi connectivity index (χ0) is 19.1. The van der Waals surface area contributed by atoms with Crippen LogP contribution in [0, 0.1) is 18.8 Å². The van der Waals surface area contributed by atoms with E-state index in [2.05, 4.69) is 27.1 Å². The second-order valence-electron chi connectivity index (χ2n) is 5.98. The largest absolute Gasteiger partial charge is 0.493 e. The molecule has 0 radical (unpaired) electrons. The second kappa shape index (κ2) is 8.81. The molecule has 2 heterocycles. The summed E-state index contributed by atoms with van der Waals surface area (Å²) in [6.45, 7) is 4.39. The van der Waals surface area contributed by atoms with Crippen molar-refractivity contribution in [2.24, 2.45) is 0 Å². The summed E-state index contributed by atoms with van der Waals surface area (Å²) in [7, 11) is 0. The number of nitrogens with zero attached hydrogens (tertiary/aromatic N) is 2. The zero-order valence-corrected chi connectivity index (χ0v) is 15.5. The third-order valence-corrected chi connectivity index (χ3v) is 3.88. The lowest BCUT2D eigenvalue weighted by molar-refractivity contribution is 0.102. The quantitative estimate of drug-likeness (QED) is 0.543. The average molecular weight is 359 g/mol. The van der Waals surface area contributed by atoms with Crippen LogP contribution in [0.25, 0.3) is 11.0 Å². The van der Waals surface area contributed by atoms with E-state index in [4.69, 9.17) is 4.74 Å². The van der Waals surface area contributed by atoms with Crippen LogP contribution in [-0.4, -0.2) is 22.5 Å². The molecule has 0 unspecified atom stereocenters. The number of pyridine rings is 2. The van der Waals surface area contributed by atoms with Gasteiger partial charge in [-0.15, -0.1) is 5.92 Å². The van der Waals surface area contributed by atoms with Crippen molar-refractivity contribution in [1.29, 1.82) is 0 Å². The van der Waals surface area contributed by atoms with Crippen molar-refractivity contribution >= 4 is 22.6 Å². The Balaban J connectivity index is 1.71. The molecule has 27 heavy (non-hydrogen) atoms. The van der Waals surface area contributed by atoms with Gasteiger partial charge in [-0.1, -0.05) is 18.9 Å². The van der Waals surface area contributed by atoms with E-state index in [0.29, 0.717) is 35.7 Å². The molecule has 5 nitrogen and oxygen atoms in total. The lowest BCUT2D eigenvalue weighted by Crippen LogP contribution is -2.15. The molecule has 0 aliphatic heterocycles. The molecule has 3 rings (SSSR count). The highest BCUT2D eigenvalue weighted by molar-refractivity contribution is 6.05. The monoisotopic (exact) mass is 359 g/mol. The fraction of sp³-hybridized carbons (Fsp3) is 0.227. The summed E-state index contributed by atoms with van der Waals surface area (Å²) in [5, 5.41) is 2.89. The van der Waals surface area contributed by atoms with Crippen molar-refractivity contribution in [3.8, 4) is 17.6 Å². The summed E-state index contributed by atoms with van der Waals surface area (Å²) in [6.07, 6.45) is 3.24. The molecule has 0 spiro atoms. The van der Waals surface area contributed by atoms with Gasteiger partial charge in [0.25, 0.3) is 5.91 Å². The first kappa shape index (κ1) is 18.4. The number of aryl methyl sites for hydroxylation is 1. The summed E-state index contributed by atoms with van der Waals surface area (Å²) >= 11 is 0. The Morgan fingerprint density at radius 1 is 1.15 bits per heavy atom. The standard InChI is InChI=1S/C22H21N3O2/c1-3-4-5-6-13-27-18-10-7-9-17(15-18)24-22(26)21-16(2)14-20-19(25-21)11-8-12-23-20/h7-12,14-15H,3,6,13H2,1-2H3,(H,24,26). The van der Waals surface area contributed by atoms with E-state index in [-0.39, 0.29) is 5.91 Å². The average Bonchev–Trinajstić information content (AvgIpc) is 2.67. The van der Waals surface area contributed by atoms with Crippen LogP contribution in [0.5, 0.6) is 5.75 Å². The van der Waals surface area contributed by atoms with E-state index in [1.165, 1.54) is 0 Å². The molecule has 3 aromatic rings. The molecule has 0 fully saturated rings. The normalized spacial score (nSPS) is 10.1. The summed E-state index contributed by atoms with van der Waals surface area (Å²) in [6, 6.07) is 12.8. The van der Waals surface area contributed by atoms with Gasteiger partial charge >= 0.3 is 0 Å². The number of aromatic nitrogens is 2. The van der Waals surface area contributed by atoms with E-state index in [0.717, 1.165) is 17.5 Å². The molecular weight excluding hydrogens is 338 g/mol. The van der Waals surface area contributed by atoms with Gasteiger partial charge in [0.15, 0.2) is 0 Å². The Hall–Kier alpha value is -3.39. The van der Waals surface area contributed by atoms with Gasteiger partial charge in [0.2, 0.25) is 0 Å². The number of nitrogens with one attached hydrogen (secondary N) is 1. The summed E-state index contributed by atoms with van der Waals surface area (Å²) < 4.78 is 5.68. The van der Waals surface area contributed by atoms with E-state index in [1.54, 1.807) is 18.3 Å². The number of carbonyl (C=O) groups is 1. The molecule has 0 saturated carbocycles. The van der Waals surface area contributed by atoms with Crippen LogP contribution in [-0.2, 0) is 0 Å². The number of fused-ring (bicyclic) bond motifs is 1. The first-order valence-corrected chi connectivity index (χ1v) is 8.89. The molecule has 136 valence electrons. The van der Waals surface area contributed by atoms with Crippen LogP contribution < -0.4 is 10.1 Å². The topological polar surface area (TPSA) is 64.1 Å². The molecule has 1 aromatic carbocycles. The van der Waals surface area contributed by atoms with E-state index in [1.807, 2.05) is 44.2 Å². The molecule has 0 bridgehead atoms. The first-order chi connectivity index (χ1) is 13.2. The van der Waals surface area contributed by atoms with Crippen molar-refractivity contribution in [2.75, 3.05) is 11.9 Å². The minimum atomic E-state index is -0.260. The van der Waals surface area contributed by atoms with Crippen LogP contribution in [0.4, 0.5) is 5.69 Å². The van der Waals surface area contributed by atoms with Gasteiger partial charge in [0.1, 0.15) is 11.4 Å². The molecule has 1 amide bonds. The molecule has 5 heteroatoms. The van der Waals surface area contributed by atoms with Crippen molar-refractivity contribution in [2.45, 2.75) is 26.7 Å². The SMILES string of the molecule is CCC#CCCOc1cccc(NC(=O)c2nc3cccnc3cc2C)c1. The van der Waals surface area contributed by atoms with E-state index >= 15 is 0 Å². The van der Waals surface area contributed by atoms with Crippen molar-refractivity contribution in [1.82, 2.24) is 9.97 Å². The van der Waals surface area contributed by atoms with Crippen LogP contribution in [0.1, 0.15) is 35.8 Å².